The number of benzene rings is 1. The first-order valence-corrected chi connectivity index (χ1v) is 6.34. The molecule has 2 heteroatoms. The fraction of sp³-hybridized carbons (Fsp3) is 0.467. The molecular formula is C15H20O2. The Balaban J connectivity index is 2.26. The molecular weight excluding hydrogens is 212 g/mol. The van der Waals surface area contributed by atoms with Crippen molar-refractivity contribution < 1.29 is 9.59 Å². The molecule has 0 N–H and O–H groups in total. The van der Waals surface area contributed by atoms with Crippen LogP contribution in [0.1, 0.15) is 55.8 Å². The predicted octanol–water partition coefficient (Wildman–Crippen LogP) is 3.80. The third-order valence-electron chi connectivity index (χ3n) is 2.79. The van der Waals surface area contributed by atoms with Crippen molar-refractivity contribution in [3.63, 3.8) is 0 Å². The zero-order valence-corrected chi connectivity index (χ0v) is 10.4. The quantitative estimate of drug-likeness (QED) is 0.504. The molecule has 0 aliphatic carbocycles. The summed E-state index contributed by atoms with van der Waals surface area (Å²) >= 11 is 0. The standard InChI is InChI=1S/C15H20O2/c1-2-3-5-10-14(16)11-12-15(17)13-8-6-4-7-9-13/h4,6-9H,2-3,5,10-12H2,1H3. The molecule has 0 fully saturated rings. The van der Waals surface area contributed by atoms with Crippen molar-refractivity contribution in [3.8, 4) is 0 Å². The number of unbranched alkanes of at least 4 members (excludes halogenated alkanes) is 2. The molecule has 0 aromatic heterocycles. The van der Waals surface area contributed by atoms with E-state index in [4.69, 9.17) is 0 Å². The van der Waals surface area contributed by atoms with Crippen molar-refractivity contribution in [3.05, 3.63) is 35.9 Å². The van der Waals surface area contributed by atoms with Gasteiger partial charge in [-0.25, -0.2) is 0 Å². The van der Waals surface area contributed by atoms with Crippen LogP contribution in [0.4, 0.5) is 0 Å². The van der Waals surface area contributed by atoms with Crippen LogP contribution in [0.2, 0.25) is 0 Å². The Bertz CT molecular complexity index is 354. The van der Waals surface area contributed by atoms with Gasteiger partial charge in [0.2, 0.25) is 0 Å². The molecule has 0 saturated heterocycles. The van der Waals surface area contributed by atoms with Crippen LogP contribution >= 0.6 is 0 Å². The summed E-state index contributed by atoms with van der Waals surface area (Å²) in [5, 5.41) is 0. The minimum Gasteiger partial charge on any atom is -0.300 e. The zero-order valence-electron chi connectivity index (χ0n) is 10.4. The van der Waals surface area contributed by atoms with Gasteiger partial charge in [-0.2, -0.15) is 0 Å². The summed E-state index contributed by atoms with van der Waals surface area (Å²) < 4.78 is 0. The highest BCUT2D eigenvalue weighted by Gasteiger charge is 2.08. The topological polar surface area (TPSA) is 34.1 Å². The Labute approximate surface area is 103 Å². The predicted molar refractivity (Wildman–Crippen MR) is 69.2 cm³/mol. The first kappa shape index (κ1) is 13.6. The van der Waals surface area contributed by atoms with E-state index in [9.17, 15) is 9.59 Å². The van der Waals surface area contributed by atoms with Crippen molar-refractivity contribution >= 4 is 11.6 Å². The highest BCUT2D eigenvalue weighted by molar-refractivity contribution is 5.98. The van der Waals surface area contributed by atoms with Crippen molar-refractivity contribution in [2.45, 2.75) is 45.4 Å². The lowest BCUT2D eigenvalue weighted by Crippen LogP contribution is -2.04. The minimum absolute atomic E-state index is 0.0643. The number of ketones is 2. The van der Waals surface area contributed by atoms with Gasteiger partial charge >= 0.3 is 0 Å². The molecule has 0 heterocycles. The maximum Gasteiger partial charge on any atom is 0.163 e. The fourth-order valence-electron chi connectivity index (χ4n) is 1.72. The molecule has 0 aliphatic heterocycles. The molecule has 0 radical (unpaired) electrons. The maximum atomic E-state index is 11.7. The first-order chi connectivity index (χ1) is 8.24. The van der Waals surface area contributed by atoms with E-state index in [1.807, 2.05) is 18.2 Å². The molecule has 0 spiro atoms. The molecule has 0 amide bonds. The van der Waals surface area contributed by atoms with Crippen LogP contribution < -0.4 is 0 Å². The largest absolute Gasteiger partial charge is 0.300 e. The Morgan fingerprint density at radius 1 is 0.941 bits per heavy atom. The van der Waals surface area contributed by atoms with Crippen molar-refractivity contribution in [1.82, 2.24) is 0 Å². The van der Waals surface area contributed by atoms with E-state index in [2.05, 4.69) is 6.92 Å². The van der Waals surface area contributed by atoms with E-state index in [1.54, 1.807) is 12.1 Å². The molecule has 17 heavy (non-hydrogen) atoms. The number of carbonyl (C=O) groups excluding carboxylic acids is 2. The average Bonchev–Trinajstić information content (AvgIpc) is 2.37. The molecule has 1 aromatic rings. The molecule has 92 valence electrons. The van der Waals surface area contributed by atoms with Crippen LogP contribution in [-0.2, 0) is 4.79 Å². The molecule has 2 nitrogen and oxygen atoms in total. The summed E-state index contributed by atoms with van der Waals surface area (Å²) in [7, 11) is 0. The van der Waals surface area contributed by atoms with Crippen LogP contribution in [0.25, 0.3) is 0 Å². The zero-order chi connectivity index (χ0) is 12.5. The van der Waals surface area contributed by atoms with Gasteiger partial charge in [0.25, 0.3) is 0 Å². The summed E-state index contributed by atoms with van der Waals surface area (Å²) in [6, 6.07) is 9.16. The van der Waals surface area contributed by atoms with Crippen LogP contribution in [0, 0.1) is 0 Å². The van der Waals surface area contributed by atoms with Gasteiger partial charge in [-0.05, 0) is 6.42 Å². The molecule has 0 saturated carbocycles. The van der Waals surface area contributed by atoms with Crippen LogP contribution in [0.15, 0.2) is 30.3 Å². The molecule has 0 aliphatic rings. The smallest absolute Gasteiger partial charge is 0.163 e. The molecule has 0 unspecified atom stereocenters. The third kappa shape index (κ3) is 5.43. The Morgan fingerprint density at radius 3 is 2.29 bits per heavy atom. The van der Waals surface area contributed by atoms with Gasteiger partial charge in [0.1, 0.15) is 5.78 Å². The Hall–Kier alpha value is -1.44. The summed E-state index contributed by atoms with van der Waals surface area (Å²) in [6.07, 6.45) is 4.52. The van der Waals surface area contributed by atoms with Gasteiger partial charge in [-0.3, -0.25) is 9.59 Å². The lowest BCUT2D eigenvalue weighted by molar-refractivity contribution is -0.119. The summed E-state index contributed by atoms with van der Waals surface area (Å²) in [5.41, 5.74) is 0.703. The monoisotopic (exact) mass is 232 g/mol. The van der Waals surface area contributed by atoms with E-state index in [1.165, 1.54) is 0 Å². The van der Waals surface area contributed by atoms with Crippen molar-refractivity contribution in [2.24, 2.45) is 0 Å². The van der Waals surface area contributed by atoms with Gasteiger partial charge < -0.3 is 0 Å². The molecule has 0 atom stereocenters. The summed E-state index contributed by atoms with van der Waals surface area (Å²) in [4.78, 5) is 23.2. The second-order valence-electron chi connectivity index (χ2n) is 4.28. The van der Waals surface area contributed by atoms with E-state index in [0.29, 0.717) is 24.8 Å². The van der Waals surface area contributed by atoms with Gasteiger partial charge in [0.05, 0.1) is 0 Å². The average molecular weight is 232 g/mol. The number of rotatable bonds is 8. The number of carbonyl (C=O) groups is 2. The summed E-state index contributed by atoms with van der Waals surface area (Å²) in [5.74, 6) is 0.275. The second-order valence-corrected chi connectivity index (χ2v) is 4.28. The second kappa shape index (κ2) is 7.77. The van der Waals surface area contributed by atoms with Crippen LogP contribution in [0.5, 0.6) is 0 Å². The van der Waals surface area contributed by atoms with E-state index >= 15 is 0 Å². The number of hydrogen-bond acceptors (Lipinski definition) is 2. The SMILES string of the molecule is CCCCCC(=O)CCC(=O)c1ccccc1. The van der Waals surface area contributed by atoms with E-state index in [-0.39, 0.29) is 11.6 Å². The Kier molecular flexibility index (Phi) is 6.23. The normalized spacial score (nSPS) is 10.2. The molecule has 0 bridgehead atoms. The highest BCUT2D eigenvalue weighted by Crippen LogP contribution is 2.08. The van der Waals surface area contributed by atoms with Crippen molar-refractivity contribution in [2.75, 3.05) is 0 Å². The van der Waals surface area contributed by atoms with Crippen LogP contribution in [0.3, 0.4) is 0 Å². The maximum absolute atomic E-state index is 11.7. The number of Topliss-reactive ketones (excluding diaryl/α,β-unsaturated/α-hetero) is 2. The highest BCUT2D eigenvalue weighted by atomic mass is 16.1. The number of hydrogen-bond donors (Lipinski definition) is 0. The first-order valence-electron chi connectivity index (χ1n) is 6.34. The van der Waals surface area contributed by atoms with Crippen LogP contribution in [-0.4, -0.2) is 11.6 Å². The van der Waals surface area contributed by atoms with Gasteiger partial charge in [0, 0.05) is 24.8 Å². The summed E-state index contributed by atoms with van der Waals surface area (Å²) in [6.45, 7) is 2.11. The fourth-order valence-corrected chi connectivity index (χ4v) is 1.72. The lowest BCUT2D eigenvalue weighted by Gasteiger charge is -2.01. The van der Waals surface area contributed by atoms with Gasteiger partial charge in [-0.15, -0.1) is 0 Å². The van der Waals surface area contributed by atoms with Crippen molar-refractivity contribution in [1.29, 1.82) is 0 Å². The minimum atomic E-state index is 0.0643. The third-order valence-corrected chi connectivity index (χ3v) is 2.79. The Morgan fingerprint density at radius 2 is 1.65 bits per heavy atom. The molecule has 1 aromatic carbocycles. The molecule has 1 rings (SSSR count). The van der Waals surface area contributed by atoms with E-state index < -0.39 is 0 Å². The van der Waals surface area contributed by atoms with Gasteiger partial charge in [0.15, 0.2) is 5.78 Å². The van der Waals surface area contributed by atoms with Gasteiger partial charge in [-0.1, -0.05) is 50.1 Å². The lowest BCUT2D eigenvalue weighted by atomic mass is 10.0. The van der Waals surface area contributed by atoms with E-state index in [0.717, 1.165) is 19.3 Å².